The van der Waals surface area contributed by atoms with Crippen LogP contribution in [0.15, 0.2) is 12.1 Å². The molecule has 0 amide bonds. The van der Waals surface area contributed by atoms with Crippen LogP contribution >= 0.6 is 0 Å². The van der Waals surface area contributed by atoms with Gasteiger partial charge in [-0.3, -0.25) is 0 Å². The highest BCUT2D eigenvalue weighted by Gasteiger charge is 2.17. The highest BCUT2D eigenvalue weighted by molar-refractivity contribution is 5.96. The first-order chi connectivity index (χ1) is 6.68. The van der Waals surface area contributed by atoms with E-state index in [-0.39, 0.29) is 5.56 Å². The maximum Gasteiger partial charge on any atom is 0.337 e. The number of carboxylic acid groups (broad SMARTS) is 1. The summed E-state index contributed by atoms with van der Waals surface area (Å²) in [6, 6.07) is 3.34. The Labute approximate surface area is 81.7 Å². The maximum absolute atomic E-state index is 10.9. The number of rotatable bonds is 1. The van der Waals surface area contributed by atoms with Crippen LogP contribution in [0.3, 0.4) is 0 Å². The highest BCUT2D eigenvalue weighted by Crippen LogP contribution is 2.28. The average Bonchev–Trinajstić information content (AvgIpc) is 2.16. The number of nitrogen functional groups attached to an aromatic ring is 1. The van der Waals surface area contributed by atoms with Crippen molar-refractivity contribution < 1.29 is 9.90 Å². The third-order valence-electron chi connectivity index (χ3n) is 2.40. The van der Waals surface area contributed by atoms with Crippen LogP contribution in [0, 0.1) is 0 Å². The van der Waals surface area contributed by atoms with Crippen molar-refractivity contribution in [2.75, 3.05) is 17.6 Å². The number of nitrogens with one attached hydrogen (secondary N) is 1. The lowest BCUT2D eigenvalue weighted by molar-refractivity contribution is 0.0698. The van der Waals surface area contributed by atoms with E-state index in [1.165, 1.54) is 6.07 Å². The van der Waals surface area contributed by atoms with E-state index >= 15 is 0 Å². The Morgan fingerprint density at radius 3 is 3.00 bits per heavy atom. The fourth-order valence-electron chi connectivity index (χ4n) is 1.79. The van der Waals surface area contributed by atoms with E-state index < -0.39 is 5.97 Å². The molecule has 1 aliphatic heterocycles. The number of carboxylic acids is 1. The van der Waals surface area contributed by atoms with Crippen molar-refractivity contribution in [2.45, 2.75) is 12.8 Å². The van der Waals surface area contributed by atoms with Gasteiger partial charge in [0.05, 0.1) is 11.3 Å². The molecule has 0 fully saturated rings. The Balaban J connectivity index is 2.58. The molecule has 0 unspecified atom stereocenters. The summed E-state index contributed by atoms with van der Waals surface area (Å²) in [4.78, 5) is 10.9. The molecule has 1 aliphatic rings. The SMILES string of the molecule is Nc1cc2c(c(C(=O)O)c1)NCCC2. The molecule has 2 rings (SSSR count). The summed E-state index contributed by atoms with van der Waals surface area (Å²) in [7, 11) is 0. The molecular weight excluding hydrogens is 180 g/mol. The molecule has 4 heteroatoms. The predicted molar refractivity (Wildman–Crippen MR) is 54.6 cm³/mol. The van der Waals surface area contributed by atoms with Crippen molar-refractivity contribution in [3.8, 4) is 0 Å². The summed E-state index contributed by atoms with van der Waals surface area (Å²) in [6.07, 6.45) is 1.92. The van der Waals surface area contributed by atoms with Crippen molar-refractivity contribution in [1.82, 2.24) is 0 Å². The van der Waals surface area contributed by atoms with Gasteiger partial charge >= 0.3 is 5.97 Å². The Morgan fingerprint density at radius 1 is 1.50 bits per heavy atom. The number of fused-ring (bicyclic) bond motifs is 1. The first-order valence-corrected chi connectivity index (χ1v) is 4.58. The Hall–Kier alpha value is -1.71. The van der Waals surface area contributed by atoms with Crippen LogP contribution in [0.25, 0.3) is 0 Å². The highest BCUT2D eigenvalue weighted by atomic mass is 16.4. The van der Waals surface area contributed by atoms with Crippen LogP contribution in [-0.2, 0) is 6.42 Å². The number of benzene rings is 1. The lowest BCUT2D eigenvalue weighted by atomic mass is 9.98. The first-order valence-electron chi connectivity index (χ1n) is 4.58. The first kappa shape index (κ1) is 8.87. The van der Waals surface area contributed by atoms with Gasteiger partial charge in [-0.05, 0) is 30.5 Å². The molecule has 0 atom stereocenters. The summed E-state index contributed by atoms with van der Waals surface area (Å²) < 4.78 is 0. The standard InChI is InChI=1S/C10H12N2O2/c11-7-4-6-2-1-3-12-9(6)8(5-7)10(13)14/h4-5,12H,1-3,11H2,(H,13,14). The predicted octanol–water partition coefficient (Wildman–Crippen LogP) is 1.33. The molecule has 1 aromatic rings. The molecule has 14 heavy (non-hydrogen) atoms. The van der Waals surface area contributed by atoms with Crippen molar-refractivity contribution in [2.24, 2.45) is 0 Å². The van der Waals surface area contributed by atoms with E-state index in [1.807, 2.05) is 6.07 Å². The lowest BCUT2D eigenvalue weighted by Gasteiger charge is -2.20. The zero-order valence-electron chi connectivity index (χ0n) is 7.71. The minimum absolute atomic E-state index is 0.278. The minimum atomic E-state index is -0.928. The Morgan fingerprint density at radius 2 is 2.29 bits per heavy atom. The van der Waals surface area contributed by atoms with Crippen molar-refractivity contribution >= 4 is 17.3 Å². The van der Waals surface area contributed by atoms with Gasteiger partial charge in [0.2, 0.25) is 0 Å². The number of aromatic carboxylic acids is 1. The second-order valence-corrected chi connectivity index (χ2v) is 3.44. The third-order valence-corrected chi connectivity index (χ3v) is 2.40. The number of hydrogen-bond donors (Lipinski definition) is 3. The molecule has 0 bridgehead atoms. The average molecular weight is 192 g/mol. The van der Waals surface area contributed by atoms with E-state index in [2.05, 4.69) is 5.32 Å². The monoisotopic (exact) mass is 192 g/mol. The van der Waals surface area contributed by atoms with Gasteiger partial charge in [0.1, 0.15) is 0 Å². The molecule has 4 N–H and O–H groups in total. The third kappa shape index (κ3) is 1.39. The summed E-state index contributed by atoms with van der Waals surface area (Å²) >= 11 is 0. The molecule has 1 aromatic carbocycles. The molecule has 0 radical (unpaired) electrons. The number of aryl methyl sites for hydroxylation is 1. The zero-order valence-corrected chi connectivity index (χ0v) is 7.71. The van der Waals surface area contributed by atoms with Crippen molar-refractivity contribution in [1.29, 1.82) is 0 Å². The van der Waals surface area contributed by atoms with E-state index in [4.69, 9.17) is 10.8 Å². The summed E-state index contributed by atoms with van der Waals surface area (Å²) in [5, 5.41) is 12.1. The normalized spacial score (nSPS) is 14.3. The van der Waals surface area contributed by atoms with Crippen molar-refractivity contribution in [3.05, 3.63) is 23.3 Å². The number of anilines is 2. The van der Waals surface area contributed by atoms with Crippen LogP contribution in [0.1, 0.15) is 22.3 Å². The van der Waals surface area contributed by atoms with Gasteiger partial charge in [0, 0.05) is 12.2 Å². The summed E-state index contributed by atoms with van der Waals surface area (Å²) in [5.41, 5.74) is 8.17. The summed E-state index contributed by atoms with van der Waals surface area (Å²) in [6.45, 7) is 0.831. The largest absolute Gasteiger partial charge is 0.478 e. The maximum atomic E-state index is 10.9. The van der Waals surface area contributed by atoms with Gasteiger partial charge in [0.25, 0.3) is 0 Å². The van der Waals surface area contributed by atoms with Gasteiger partial charge in [-0.15, -0.1) is 0 Å². The zero-order chi connectivity index (χ0) is 10.1. The Bertz CT molecular complexity index is 388. The number of hydrogen-bond acceptors (Lipinski definition) is 3. The molecule has 74 valence electrons. The number of nitrogens with two attached hydrogens (primary N) is 1. The second kappa shape index (κ2) is 3.21. The number of carbonyl (C=O) groups is 1. The molecule has 0 aliphatic carbocycles. The molecule has 1 heterocycles. The van der Waals surface area contributed by atoms with Crippen LogP contribution in [-0.4, -0.2) is 17.6 Å². The fraction of sp³-hybridized carbons (Fsp3) is 0.300. The quantitative estimate of drug-likeness (QED) is 0.587. The van der Waals surface area contributed by atoms with E-state index in [9.17, 15) is 4.79 Å². The minimum Gasteiger partial charge on any atom is -0.478 e. The second-order valence-electron chi connectivity index (χ2n) is 3.44. The van der Waals surface area contributed by atoms with E-state index in [0.717, 1.165) is 30.6 Å². The van der Waals surface area contributed by atoms with Gasteiger partial charge in [-0.25, -0.2) is 4.79 Å². The lowest BCUT2D eigenvalue weighted by Crippen LogP contribution is -2.16. The molecular formula is C10H12N2O2. The topological polar surface area (TPSA) is 75.4 Å². The van der Waals surface area contributed by atoms with Crippen LogP contribution in [0.5, 0.6) is 0 Å². The molecule has 0 spiro atoms. The van der Waals surface area contributed by atoms with Crippen LogP contribution in [0.4, 0.5) is 11.4 Å². The Kier molecular flexibility index (Phi) is 2.04. The van der Waals surface area contributed by atoms with Gasteiger partial charge in [-0.2, -0.15) is 0 Å². The summed E-state index contributed by atoms with van der Waals surface area (Å²) in [5.74, 6) is -0.928. The molecule has 0 saturated heterocycles. The van der Waals surface area contributed by atoms with Gasteiger partial charge in [0.15, 0.2) is 0 Å². The van der Waals surface area contributed by atoms with E-state index in [0.29, 0.717) is 5.69 Å². The van der Waals surface area contributed by atoms with Gasteiger partial charge in [-0.1, -0.05) is 0 Å². The smallest absolute Gasteiger partial charge is 0.337 e. The molecule has 4 nitrogen and oxygen atoms in total. The molecule has 0 saturated carbocycles. The van der Waals surface area contributed by atoms with E-state index in [1.54, 1.807) is 0 Å². The van der Waals surface area contributed by atoms with Gasteiger partial charge < -0.3 is 16.2 Å². The van der Waals surface area contributed by atoms with Crippen molar-refractivity contribution in [3.63, 3.8) is 0 Å². The van der Waals surface area contributed by atoms with Crippen LogP contribution in [0.2, 0.25) is 0 Å². The molecule has 0 aromatic heterocycles. The fourth-order valence-corrected chi connectivity index (χ4v) is 1.79. The van der Waals surface area contributed by atoms with Crippen LogP contribution < -0.4 is 11.1 Å².